The highest BCUT2D eigenvalue weighted by Crippen LogP contribution is 2.25. The predicted molar refractivity (Wildman–Crippen MR) is 113 cm³/mol. The molecule has 3 aromatic rings. The highest BCUT2D eigenvalue weighted by atomic mass is 32.1. The smallest absolute Gasteiger partial charge is 0.573 e. The van der Waals surface area contributed by atoms with Crippen LogP contribution in [0, 0.1) is 0 Å². The third-order valence-corrected chi connectivity index (χ3v) is 4.97. The molecular weight excluding hydrogens is 495 g/mol. The molecule has 1 heterocycles. The van der Waals surface area contributed by atoms with Gasteiger partial charge in [-0.15, -0.1) is 24.5 Å². The van der Waals surface area contributed by atoms with Gasteiger partial charge in [0.1, 0.15) is 22.2 Å². The molecular formula is C21H15F3N3O7S-. The Balaban J connectivity index is 1.46. The number of anilines is 1. The van der Waals surface area contributed by atoms with Crippen LogP contribution in [0.5, 0.6) is 17.2 Å². The zero-order valence-electron chi connectivity index (χ0n) is 17.4. The third kappa shape index (κ3) is 7.60. The molecule has 0 aliphatic rings. The second kappa shape index (κ2) is 10.7. The van der Waals surface area contributed by atoms with Crippen molar-refractivity contribution in [2.45, 2.75) is 12.9 Å². The average molecular weight is 510 g/mol. The number of ether oxygens (including phenoxy) is 2. The second-order valence-corrected chi connectivity index (χ2v) is 7.62. The largest absolute Gasteiger partial charge is 0.872 e. The molecule has 3 rings (SSSR count). The molecule has 0 saturated heterocycles. The number of benzene rings is 2. The number of nitrogens with one attached hydrogen (secondary N) is 2. The van der Waals surface area contributed by atoms with E-state index in [9.17, 15) is 32.7 Å². The van der Waals surface area contributed by atoms with Crippen LogP contribution in [0.1, 0.15) is 25.9 Å². The molecule has 3 N–H and O–H groups in total. The van der Waals surface area contributed by atoms with Crippen molar-refractivity contribution in [2.75, 3.05) is 11.9 Å². The summed E-state index contributed by atoms with van der Waals surface area (Å²) < 4.78 is 45.4. The summed E-state index contributed by atoms with van der Waals surface area (Å²) in [5.74, 6) is -3.59. The number of thiazole rings is 1. The van der Waals surface area contributed by atoms with Gasteiger partial charge in [0.2, 0.25) is 0 Å². The third-order valence-electron chi connectivity index (χ3n) is 4.12. The normalized spacial score (nSPS) is 10.9. The van der Waals surface area contributed by atoms with E-state index in [1.165, 1.54) is 23.6 Å². The number of carboxylic acid groups (broad SMARTS) is 1. The lowest BCUT2D eigenvalue weighted by molar-refractivity contribution is -0.274. The summed E-state index contributed by atoms with van der Waals surface area (Å²) in [7, 11) is 0. The lowest BCUT2D eigenvalue weighted by Gasteiger charge is -2.12. The van der Waals surface area contributed by atoms with Crippen LogP contribution in [0.3, 0.4) is 0 Å². The Bertz CT molecular complexity index is 1230. The summed E-state index contributed by atoms with van der Waals surface area (Å²) in [5.41, 5.74) is -0.305. The molecule has 0 unspecified atom stereocenters. The number of aromatic carboxylic acids is 1. The maximum absolute atomic E-state index is 12.3. The summed E-state index contributed by atoms with van der Waals surface area (Å²) in [6, 6.07) is 7.84. The first kappa shape index (κ1) is 25.3. The predicted octanol–water partition coefficient (Wildman–Crippen LogP) is 2.76. The molecule has 0 bridgehead atoms. The summed E-state index contributed by atoms with van der Waals surface area (Å²) in [6.07, 6.45) is -4.81. The van der Waals surface area contributed by atoms with Gasteiger partial charge >= 0.3 is 12.3 Å². The molecule has 184 valence electrons. The fourth-order valence-electron chi connectivity index (χ4n) is 2.58. The number of carboxylic acids is 1. The average Bonchev–Trinajstić information content (AvgIpc) is 3.25. The van der Waals surface area contributed by atoms with E-state index < -0.39 is 47.8 Å². The van der Waals surface area contributed by atoms with Gasteiger partial charge in [0.05, 0.1) is 12.1 Å². The molecule has 0 aliphatic heterocycles. The minimum atomic E-state index is -4.81. The highest BCUT2D eigenvalue weighted by Gasteiger charge is 2.31. The minimum absolute atomic E-state index is 0.0173. The van der Waals surface area contributed by atoms with Crippen molar-refractivity contribution in [3.05, 3.63) is 64.1 Å². The van der Waals surface area contributed by atoms with Crippen LogP contribution in [-0.4, -0.2) is 40.8 Å². The molecule has 0 aliphatic carbocycles. The van der Waals surface area contributed by atoms with Crippen LogP contribution in [-0.2, 0) is 11.3 Å². The Kier molecular flexibility index (Phi) is 7.76. The number of alkyl halides is 3. The first-order chi connectivity index (χ1) is 16.5. The summed E-state index contributed by atoms with van der Waals surface area (Å²) in [4.78, 5) is 39.2. The zero-order valence-corrected chi connectivity index (χ0v) is 18.2. The molecule has 1 aromatic heterocycles. The zero-order chi connectivity index (χ0) is 25.6. The van der Waals surface area contributed by atoms with Crippen LogP contribution in [0.25, 0.3) is 0 Å². The van der Waals surface area contributed by atoms with Crippen molar-refractivity contribution < 1.29 is 47.2 Å². The molecule has 2 amide bonds. The molecule has 0 fully saturated rings. The number of carbonyl (C=O) groups excluding carboxylic acids is 2. The van der Waals surface area contributed by atoms with E-state index in [4.69, 9.17) is 9.84 Å². The molecule has 0 spiro atoms. The molecule has 14 heteroatoms. The van der Waals surface area contributed by atoms with Gasteiger partial charge in [-0.05, 0) is 42.5 Å². The standard InChI is InChI=1S/C21H16F3N3O7S/c22-21(23,24)34-13-4-2-12(3-5-13)33-9-17(29)25-8-18-27-15(10-35-18)19(30)26-11-1-6-14(20(31)32)16(28)7-11/h1-7,10,28H,8-9H2,(H,25,29)(H,26,30)(H,31,32)/p-1. The molecule has 2 aromatic carbocycles. The van der Waals surface area contributed by atoms with E-state index in [2.05, 4.69) is 20.4 Å². The number of hydrogen-bond acceptors (Lipinski definition) is 8. The quantitative estimate of drug-likeness (QED) is 0.398. The number of halogens is 3. The van der Waals surface area contributed by atoms with Crippen molar-refractivity contribution in [2.24, 2.45) is 0 Å². The Hall–Kier alpha value is -4.33. The first-order valence-corrected chi connectivity index (χ1v) is 10.4. The summed E-state index contributed by atoms with van der Waals surface area (Å²) >= 11 is 1.09. The van der Waals surface area contributed by atoms with Crippen LogP contribution in [0.4, 0.5) is 18.9 Å². The number of carbonyl (C=O) groups is 3. The fraction of sp³-hybridized carbons (Fsp3) is 0.143. The highest BCUT2D eigenvalue weighted by molar-refractivity contribution is 7.09. The fourth-order valence-corrected chi connectivity index (χ4v) is 3.29. The Morgan fingerprint density at radius 3 is 2.40 bits per heavy atom. The van der Waals surface area contributed by atoms with Gasteiger partial charge in [-0.2, -0.15) is 0 Å². The number of aromatic nitrogens is 1. The van der Waals surface area contributed by atoms with Crippen LogP contribution < -0.4 is 25.2 Å². The van der Waals surface area contributed by atoms with Gasteiger partial charge in [0, 0.05) is 11.1 Å². The number of nitrogens with zero attached hydrogens (tertiary/aromatic N) is 1. The Morgan fingerprint density at radius 1 is 1.09 bits per heavy atom. The number of hydrogen-bond donors (Lipinski definition) is 3. The molecule has 0 saturated carbocycles. The van der Waals surface area contributed by atoms with Crippen molar-refractivity contribution in [3.8, 4) is 17.2 Å². The van der Waals surface area contributed by atoms with Gasteiger partial charge in [0.15, 0.2) is 6.61 Å². The molecule has 0 radical (unpaired) electrons. The van der Waals surface area contributed by atoms with E-state index in [0.29, 0.717) is 5.01 Å². The van der Waals surface area contributed by atoms with Crippen LogP contribution in [0.2, 0.25) is 0 Å². The van der Waals surface area contributed by atoms with E-state index in [0.717, 1.165) is 35.6 Å². The molecule has 0 atom stereocenters. The lowest BCUT2D eigenvalue weighted by Crippen LogP contribution is -2.28. The summed E-state index contributed by atoms with van der Waals surface area (Å²) in [6.45, 7) is -0.432. The van der Waals surface area contributed by atoms with Crippen LogP contribution >= 0.6 is 11.3 Å². The van der Waals surface area contributed by atoms with Crippen molar-refractivity contribution in [1.29, 1.82) is 0 Å². The van der Waals surface area contributed by atoms with E-state index >= 15 is 0 Å². The molecule has 10 nitrogen and oxygen atoms in total. The topological polar surface area (TPSA) is 150 Å². The SMILES string of the molecule is O=C(COc1ccc(OC(F)(F)F)cc1)NCc1nc(C(=O)Nc2ccc(C(=O)O)c([O-])c2)cs1. The number of rotatable bonds is 9. The van der Waals surface area contributed by atoms with Gasteiger partial charge in [-0.1, -0.05) is 5.75 Å². The van der Waals surface area contributed by atoms with Crippen molar-refractivity contribution in [3.63, 3.8) is 0 Å². The lowest BCUT2D eigenvalue weighted by atomic mass is 10.2. The van der Waals surface area contributed by atoms with Gasteiger partial charge in [-0.25, -0.2) is 9.78 Å². The Morgan fingerprint density at radius 2 is 1.77 bits per heavy atom. The van der Waals surface area contributed by atoms with Crippen LogP contribution in [0.15, 0.2) is 47.8 Å². The van der Waals surface area contributed by atoms with Crippen molar-refractivity contribution in [1.82, 2.24) is 10.3 Å². The molecule has 35 heavy (non-hydrogen) atoms. The monoisotopic (exact) mass is 510 g/mol. The van der Waals surface area contributed by atoms with Crippen molar-refractivity contribution >= 4 is 34.8 Å². The summed E-state index contributed by atoms with van der Waals surface area (Å²) in [5, 5.41) is 27.4. The second-order valence-electron chi connectivity index (χ2n) is 6.68. The minimum Gasteiger partial charge on any atom is -0.872 e. The Labute approximate surface area is 198 Å². The maximum Gasteiger partial charge on any atom is 0.573 e. The van der Waals surface area contributed by atoms with E-state index in [-0.39, 0.29) is 23.7 Å². The van der Waals surface area contributed by atoms with Gasteiger partial charge in [0.25, 0.3) is 11.8 Å². The van der Waals surface area contributed by atoms with E-state index in [1.807, 2.05) is 0 Å². The maximum atomic E-state index is 12.3. The first-order valence-electron chi connectivity index (χ1n) is 9.55. The van der Waals surface area contributed by atoms with E-state index in [1.54, 1.807) is 0 Å². The number of amides is 2. The van der Waals surface area contributed by atoms with Gasteiger partial charge < -0.3 is 30.3 Å². The van der Waals surface area contributed by atoms with Gasteiger partial charge in [-0.3, -0.25) is 9.59 Å².